The lowest BCUT2D eigenvalue weighted by Crippen LogP contribution is -2.32. The van der Waals surface area contributed by atoms with Crippen LogP contribution in [0, 0.1) is 40.9 Å². The summed E-state index contributed by atoms with van der Waals surface area (Å²) in [5.41, 5.74) is 2.65. The fourth-order valence-electron chi connectivity index (χ4n) is 5.73. The molecular formula is C21H30INO. The van der Waals surface area contributed by atoms with Crippen molar-refractivity contribution in [3.05, 3.63) is 23.8 Å². The monoisotopic (exact) mass is 439 g/mol. The zero-order valence-corrected chi connectivity index (χ0v) is 17.4. The fraction of sp³-hybridized carbons (Fsp3) is 0.762. The molecule has 3 rings (SSSR count). The number of allylic oxidation sites excluding steroid dienone is 1. The van der Waals surface area contributed by atoms with Crippen LogP contribution in [0.3, 0.4) is 0 Å². The third-order valence-electron chi connectivity index (χ3n) is 6.92. The standard InChI is InChI=1S/C21H30INO/c1-13-5-6-16-14(2)11-19-20(15(8-10-23)12-17(13)16)18(7-9-22)21(3,4)24-19/h8,13,16-20H,2,5-7,9,11-12H2,1,3-4H3/b15-8-/t13-,16+,17+,18-,19+,20-/m1/s1. The number of rotatable bonds is 2. The Kier molecular flexibility index (Phi) is 5.47. The number of hydrogen-bond acceptors (Lipinski definition) is 2. The number of nitriles is 1. The second-order valence-corrected chi connectivity index (χ2v) is 9.69. The highest BCUT2D eigenvalue weighted by Crippen LogP contribution is 2.54. The Morgan fingerprint density at radius 1 is 1.38 bits per heavy atom. The largest absolute Gasteiger partial charge is 0.371 e. The van der Waals surface area contributed by atoms with E-state index in [9.17, 15) is 5.26 Å². The second-order valence-electron chi connectivity index (χ2n) is 8.61. The molecule has 1 heterocycles. The van der Waals surface area contributed by atoms with Crippen molar-refractivity contribution in [2.45, 2.75) is 64.6 Å². The average molecular weight is 439 g/mol. The molecule has 0 bridgehead atoms. The van der Waals surface area contributed by atoms with Crippen LogP contribution < -0.4 is 0 Å². The van der Waals surface area contributed by atoms with Crippen molar-refractivity contribution in [1.82, 2.24) is 0 Å². The fourth-order valence-corrected chi connectivity index (χ4v) is 6.40. The molecule has 132 valence electrons. The van der Waals surface area contributed by atoms with Gasteiger partial charge in [0, 0.05) is 12.0 Å². The number of hydrogen-bond donors (Lipinski definition) is 0. The van der Waals surface area contributed by atoms with Crippen LogP contribution in [0.25, 0.3) is 0 Å². The quantitative estimate of drug-likeness (QED) is 0.240. The minimum absolute atomic E-state index is 0.111. The van der Waals surface area contributed by atoms with Gasteiger partial charge in [-0.2, -0.15) is 5.26 Å². The average Bonchev–Trinajstić information content (AvgIpc) is 2.96. The summed E-state index contributed by atoms with van der Waals surface area (Å²) in [6, 6.07) is 2.35. The Balaban J connectivity index is 2.00. The summed E-state index contributed by atoms with van der Waals surface area (Å²) in [7, 11) is 0. The summed E-state index contributed by atoms with van der Waals surface area (Å²) < 4.78 is 7.70. The highest BCUT2D eigenvalue weighted by molar-refractivity contribution is 14.1. The topological polar surface area (TPSA) is 33.0 Å². The molecule has 2 saturated carbocycles. The van der Waals surface area contributed by atoms with Crippen molar-refractivity contribution in [2.24, 2.45) is 29.6 Å². The Morgan fingerprint density at radius 2 is 2.12 bits per heavy atom. The van der Waals surface area contributed by atoms with Crippen molar-refractivity contribution in [3.8, 4) is 6.07 Å². The predicted octanol–water partition coefficient (Wildman–Crippen LogP) is 5.68. The van der Waals surface area contributed by atoms with Gasteiger partial charge >= 0.3 is 0 Å². The molecule has 3 heteroatoms. The van der Waals surface area contributed by atoms with Gasteiger partial charge in [-0.15, -0.1) is 0 Å². The predicted molar refractivity (Wildman–Crippen MR) is 107 cm³/mol. The van der Waals surface area contributed by atoms with E-state index in [-0.39, 0.29) is 11.7 Å². The maximum Gasteiger partial charge on any atom is 0.0911 e. The smallest absolute Gasteiger partial charge is 0.0911 e. The van der Waals surface area contributed by atoms with Crippen LogP contribution in [-0.2, 0) is 4.74 Å². The summed E-state index contributed by atoms with van der Waals surface area (Å²) in [5.74, 6) is 2.92. The normalized spacial score (nSPS) is 43.0. The van der Waals surface area contributed by atoms with Crippen molar-refractivity contribution < 1.29 is 4.74 Å². The molecule has 0 N–H and O–H groups in total. The van der Waals surface area contributed by atoms with Crippen LogP contribution in [-0.4, -0.2) is 16.1 Å². The van der Waals surface area contributed by atoms with E-state index in [0.717, 1.165) is 29.6 Å². The highest BCUT2D eigenvalue weighted by Gasteiger charge is 2.52. The van der Waals surface area contributed by atoms with Crippen LogP contribution in [0.2, 0.25) is 0 Å². The minimum Gasteiger partial charge on any atom is -0.371 e. The molecule has 3 fully saturated rings. The first-order chi connectivity index (χ1) is 11.4. The van der Waals surface area contributed by atoms with Gasteiger partial charge in [0.1, 0.15) is 0 Å². The molecule has 24 heavy (non-hydrogen) atoms. The van der Waals surface area contributed by atoms with E-state index in [0.29, 0.717) is 23.7 Å². The Morgan fingerprint density at radius 3 is 2.79 bits per heavy atom. The molecule has 0 radical (unpaired) electrons. The lowest BCUT2D eigenvalue weighted by Gasteiger charge is -2.35. The third kappa shape index (κ3) is 3.21. The molecule has 2 nitrogen and oxygen atoms in total. The van der Waals surface area contributed by atoms with Crippen molar-refractivity contribution in [1.29, 1.82) is 5.26 Å². The van der Waals surface area contributed by atoms with Crippen LogP contribution in [0.4, 0.5) is 0 Å². The zero-order valence-electron chi connectivity index (χ0n) is 15.2. The van der Waals surface area contributed by atoms with E-state index in [2.05, 4.69) is 56.0 Å². The summed E-state index contributed by atoms with van der Waals surface area (Å²) in [6.07, 6.45) is 7.83. The molecule has 0 amide bonds. The van der Waals surface area contributed by atoms with Gasteiger partial charge in [-0.3, -0.25) is 0 Å². The van der Waals surface area contributed by atoms with E-state index in [1.165, 1.54) is 24.0 Å². The summed E-state index contributed by atoms with van der Waals surface area (Å²) in [5, 5.41) is 9.42. The Hall–Kier alpha value is -0.340. The summed E-state index contributed by atoms with van der Waals surface area (Å²) >= 11 is 2.48. The molecule has 0 spiro atoms. The van der Waals surface area contributed by atoms with E-state index in [4.69, 9.17) is 4.74 Å². The van der Waals surface area contributed by atoms with Gasteiger partial charge in [-0.25, -0.2) is 0 Å². The number of fused-ring (bicyclic) bond motifs is 2. The lowest BCUT2D eigenvalue weighted by molar-refractivity contribution is -0.0337. The first-order valence-electron chi connectivity index (χ1n) is 9.39. The van der Waals surface area contributed by atoms with E-state index in [1.54, 1.807) is 0 Å². The molecule has 0 aromatic carbocycles. The highest BCUT2D eigenvalue weighted by atomic mass is 127. The maximum absolute atomic E-state index is 9.42. The zero-order chi connectivity index (χ0) is 17.5. The van der Waals surface area contributed by atoms with Crippen molar-refractivity contribution in [3.63, 3.8) is 0 Å². The van der Waals surface area contributed by atoms with Gasteiger partial charge in [0.2, 0.25) is 0 Å². The molecule has 1 aliphatic heterocycles. The van der Waals surface area contributed by atoms with Crippen LogP contribution in [0.15, 0.2) is 23.8 Å². The SMILES string of the molecule is C=C1C[C@@H]2OC(C)(C)[C@H](CCI)[C@H]2/C(=C\C#N)C[C@H]2[C@H](C)CC[C@@H]12. The van der Waals surface area contributed by atoms with E-state index >= 15 is 0 Å². The molecular weight excluding hydrogens is 409 g/mol. The molecule has 6 atom stereocenters. The number of nitrogens with zero attached hydrogens (tertiary/aromatic N) is 1. The van der Waals surface area contributed by atoms with Gasteiger partial charge in [0.15, 0.2) is 0 Å². The number of halogens is 1. The van der Waals surface area contributed by atoms with Gasteiger partial charge in [0.05, 0.1) is 17.8 Å². The van der Waals surface area contributed by atoms with Crippen LogP contribution >= 0.6 is 22.6 Å². The van der Waals surface area contributed by atoms with Gasteiger partial charge in [-0.05, 0) is 74.1 Å². The maximum atomic E-state index is 9.42. The first kappa shape index (κ1) is 18.5. The number of alkyl halides is 1. The third-order valence-corrected chi connectivity index (χ3v) is 7.54. The molecule has 0 unspecified atom stereocenters. The summed E-state index contributed by atoms with van der Waals surface area (Å²) in [4.78, 5) is 0. The van der Waals surface area contributed by atoms with Crippen LogP contribution in [0.1, 0.15) is 52.9 Å². The van der Waals surface area contributed by atoms with Crippen molar-refractivity contribution >= 4 is 22.6 Å². The minimum atomic E-state index is -0.111. The lowest BCUT2D eigenvalue weighted by atomic mass is 9.67. The number of ether oxygens (including phenoxy) is 1. The van der Waals surface area contributed by atoms with Gasteiger partial charge < -0.3 is 4.74 Å². The second kappa shape index (κ2) is 7.11. The molecule has 0 aromatic rings. The van der Waals surface area contributed by atoms with Crippen LogP contribution in [0.5, 0.6) is 0 Å². The summed E-state index contributed by atoms with van der Waals surface area (Å²) in [6.45, 7) is 11.3. The Bertz CT molecular complexity index is 573. The van der Waals surface area contributed by atoms with E-state index < -0.39 is 0 Å². The molecule has 0 aromatic heterocycles. The molecule has 2 aliphatic carbocycles. The Labute approximate surface area is 160 Å². The first-order valence-corrected chi connectivity index (χ1v) is 10.9. The van der Waals surface area contributed by atoms with Crippen molar-refractivity contribution in [2.75, 3.05) is 4.43 Å². The van der Waals surface area contributed by atoms with Gasteiger partial charge in [0.25, 0.3) is 0 Å². The van der Waals surface area contributed by atoms with Gasteiger partial charge in [-0.1, -0.05) is 47.2 Å². The van der Waals surface area contributed by atoms with E-state index in [1.807, 2.05) is 6.08 Å². The molecule has 1 saturated heterocycles. The molecule has 3 aliphatic rings.